The molecule has 0 unspecified atom stereocenters. The molecule has 5 nitrogen and oxygen atoms in total. The summed E-state index contributed by atoms with van der Waals surface area (Å²) in [6, 6.07) is 5.83. The van der Waals surface area contributed by atoms with Crippen LogP contribution in [0.4, 0.5) is 0 Å². The molecule has 2 amide bonds. The number of nitrogens with zero attached hydrogens (tertiary/aromatic N) is 1. The summed E-state index contributed by atoms with van der Waals surface area (Å²) in [6.45, 7) is 6.98. The van der Waals surface area contributed by atoms with E-state index in [4.69, 9.17) is 5.21 Å². The van der Waals surface area contributed by atoms with Gasteiger partial charge in [-0.25, -0.2) is 5.48 Å². The molecule has 0 saturated carbocycles. The van der Waals surface area contributed by atoms with Gasteiger partial charge in [-0.15, -0.1) is 0 Å². The Morgan fingerprint density at radius 2 is 1.90 bits per heavy atom. The highest BCUT2D eigenvalue weighted by molar-refractivity contribution is 5.90. The van der Waals surface area contributed by atoms with Crippen LogP contribution in [-0.2, 0) is 22.7 Å². The van der Waals surface area contributed by atoms with E-state index in [0.717, 1.165) is 16.7 Å². The first-order valence-electron chi connectivity index (χ1n) is 6.84. The minimum Gasteiger partial charge on any atom is -0.334 e. The van der Waals surface area contributed by atoms with E-state index in [1.165, 1.54) is 6.08 Å². The lowest BCUT2D eigenvalue weighted by Crippen LogP contribution is -2.35. The molecule has 21 heavy (non-hydrogen) atoms. The maximum Gasteiger partial charge on any atom is 0.267 e. The second-order valence-electron chi connectivity index (χ2n) is 6.25. The lowest BCUT2D eigenvalue weighted by molar-refractivity contribution is -0.140. The van der Waals surface area contributed by atoms with Crippen molar-refractivity contribution in [1.82, 2.24) is 10.4 Å². The van der Waals surface area contributed by atoms with E-state index in [2.05, 4.69) is 0 Å². The van der Waals surface area contributed by atoms with Crippen LogP contribution in [0.2, 0.25) is 0 Å². The zero-order valence-electron chi connectivity index (χ0n) is 12.5. The average Bonchev–Trinajstić information content (AvgIpc) is 2.85. The van der Waals surface area contributed by atoms with Crippen LogP contribution in [0.5, 0.6) is 0 Å². The van der Waals surface area contributed by atoms with Gasteiger partial charge in [0.2, 0.25) is 5.91 Å². The molecule has 0 radical (unpaired) electrons. The average molecular weight is 288 g/mol. The van der Waals surface area contributed by atoms with Crippen LogP contribution in [0.15, 0.2) is 24.3 Å². The van der Waals surface area contributed by atoms with E-state index >= 15 is 0 Å². The van der Waals surface area contributed by atoms with Crippen molar-refractivity contribution >= 4 is 17.9 Å². The Bertz CT molecular complexity index is 600. The van der Waals surface area contributed by atoms with Crippen molar-refractivity contribution in [3.63, 3.8) is 0 Å². The summed E-state index contributed by atoms with van der Waals surface area (Å²) in [4.78, 5) is 25.1. The molecule has 0 bridgehead atoms. The number of hydroxylamine groups is 1. The fourth-order valence-corrected chi connectivity index (χ4v) is 2.35. The van der Waals surface area contributed by atoms with Crippen LogP contribution in [0.25, 0.3) is 6.08 Å². The van der Waals surface area contributed by atoms with Crippen LogP contribution in [-0.4, -0.2) is 21.9 Å². The third-order valence-electron chi connectivity index (χ3n) is 3.42. The van der Waals surface area contributed by atoms with Crippen molar-refractivity contribution in [2.75, 3.05) is 0 Å². The van der Waals surface area contributed by atoms with E-state index in [1.807, 2.05) is 43.9 Å². The Balaban J connectivity index is 2.14. The van der Waals surface area contributed by atoms with Crippen LogP contribution in [0, 0.1) is 5.41 Å². The number of carbonyl (C=O) groups is 2. The van der Waals surface area contributed by atoms with Gasteiger partial charge < -0.3 is 4.90 Å². The topological polar surface area (TPSA) is 69.6 Å². The monoisotopic (exact) mass is 288 g/mol. The van der Waals surface area contributed by atoms with Crippen molar-refractivity contribution < 1.29 is 14.8 Å². The van der Waals surface area contributed by atoms with E-state index < -0.39 is 5.91 Å². The van der Waals surface area contributed by atoms with Crippen molar-refractivity contribution in [3.8, 4) is 0 Å². The molecule has 1 aliphatic rings. The zero-order valence-corrected chi connectivity index (χ0v) is 12.5. The van der Waals surface area contributed by atoms with Crippen LogP contribution >= 0.6 is 0 Å². The number of fused-ring (bicyclic) bond motifs is 1. The highest BCUT2D eigenvalue weighted by atomic mass is 16.5. The molecular formula is C16H20N2O3. The predicted octanol–water partition coefficient (Wildman–Crippen LogP) is 2.09. The van der Waals surface area contributed by atoms with Gasteiger partial charge in [0.05, 0.1) is 0 Å². The minimum atomic E-state index is -0.569. The van der Waals surface area contributed by atoms with Gasteiger partial charge in [0.15, 0.2) is 0 Å². The van der Waals surface area contributed by atoms with Crippen LogP contribution in [0.3, 0.4) is 0 Å². The van der Waals surface area contributed by atoms with Gasteiger partial charge in [-0.3, -0.25) is 14.8 Å². The Kier molecular flexibility index (Phi) is 4.14. The maximum atomic E-state index is 12.3. The summed E-state index contributed by atoms with van der Waals surface area (Å²) in [6.07, 6.45) is 2.88. The number of rotatable bonds is 2. The first kappa shape index (κ1) is 15.3. The molecule has 2 rings (SSSR count). The highest BCUT2D eigenvalue weighted by Gasteiger charge is 2.31. The summed E-state index contributed by atoms with van der Waals surface area (Å²) < 4.78 is 0. The molecule has 0 spiro atoms. The Hall–Kier alpha value is -2.14. The smallest absolute Gasteiger partial charge is 0.267 e. The molecule has 1 aliphatic heterocycles. The van der Waals surface area contributed by atoms with Crippen molar-refractivity contribution in [3.05, 3.63) is 41.0 Å². The number of amides is 2. The third kappa shape index (κ3) is 3.49. The first-order chi connectivity index (χ1) is 9.81. The molecule has 1 heterocycles. The Morgan fingerprint density at radius 1 is 1.24 bits per heavy atom. The van der Waals surface area contributed by atoms with Gasteiger partial charge >= 0.3 is 0 Å². The number of hydrogen-bond donors (Lipinski definition) is 2. The molecule has 0 aromatic heterocycles. The summed E-state index contributed by atoms with van der Waals surface area (Å²) >= 11 is 0. The molecule has 1 aromatic carbocycles. The fourth-order valence-electron chi connectivity index (χ4n) is 2.35. The van der Waals surface area contributed by atoms with E-state index in [-0.39, 0.29) is 11.3 Å². The number of nitrogens with one attached hydrogen (secondary N) is 1. The molecular weight excluding hydrogens is 268 g/mol. The molecule has 0 fully saturated rings. The number of hydrogen-bond acceptors (Lipinski definition) is 3. The Labute approximate surface area is 124 Å². The zero-order chi connectivity index (χ0) is 15.6. The van der Waals surface area contributed by atoms with Gasteiger partial charge in [-0.05, 0) is 28.8 Å². The number of carbonyl (C=O) groups excluding carboxylic acids is 2. The second-order valence-corrected chi connectivity index (χ2v) is 6.25. The molecule has 0 saturated heterocycles. The normalized spacial score (nSPS) is 14.4. The minimum absolute atomic E-state index is 0.135. The molecule has 5 heteroatoms. The summed E-state index contributed by atoms with van der Waals surface area (Å²) in [7, 11) is 0. The largest absolute Gasteiger partial charge is 0.334 e. The Morgan fingerprint density at radius 3 is 2.52 bits per heavy atom. The van der Waals surface area contributed by atoms with E-state index in [9.17, 15) is 9.59 Å². The quantitative estimate of drug-likeness (QED) is 0.497. The van der Waals surface area contributed by atoms with Gasteiger partial charge in [-0.1, -0.05) is 32.9 Å². The lowest BCUT2D eigenvalue weighted by atomic mass is 9.95. The second kappa shape index (κ2) is 5.69. The first-order valence-corrected chi connectivity index (χ1v) is 6.84. The molecule has 1 aromatic rings. The summed E-state index contributed by atoms with van der Waals surface area (Å²) in [5, 5.41) is 8.44. The maximum absolute atomic E-state index is 12.3. The van der Waals surface area contributed by atoms with Crippen LogP contribution in [0.1, 0.15) is 37.5 Å². The fraction of sp³-hybridized carbons (Fsp3) is 0.375. The SMILES string of the molecule is CC(C)(C)C(=O)N1Cc2ccc(/C=C/C(=O)NO)cc2C1. The molecule has 0 aliphatic carbocycles. The predicted molar refractivity (Wildman–Crippen MR) is 79.1 cm³/mol. The van der Waals surface area contributed by atoms with E-state index in [0.29, 0.717) is 13.1 Å². The summed E-state index contributed by atoms with van der Waals surface area (Å²) in [5.41, 5.74) is 4.26. The standard InChI is InChI=1S/C16H20N2O3/c1-16(2,3)15(20)18-9-12-6-4-11(8-13(12)10-18)5-7-14(19)17-21/h4-8,21H,9-10H2,1-3H3,(H,17,19)/b7-5+. The van der Waals surface area contributed by atoms with Crippen molar-refractivity contribution in [2.45, 2.75) is 33.9 Å². The van der Waals surface area contributed by atoms with Gasteiger partial charge in [0.1, 0.15) is 0 Å². The number of benzene rings is 1. The van der Waals surface area contributed by atoms with Crippen LogP contribution < -0.4 is 5.48 Å². The lowest BCUT2D eigenvalue weighted by Gasteiger charge is -2.25. The van der Waals surface area contributed by atoms with Gasteiger partial charge in [0, 0.05) is 24.6 Å². The van der Waals surface area contributed by atoms with Gasteiger partial charge in [0.25, 0.3) is 5.91 Å². The molecule has 112 valence electrons. The third-order valence-corrected chi connectivity index (χ3v) is 3.42. The van der Waals surface area contributed by atoms with Crippen molar-refractivity contribution in [1.29, 1.82) is 0 Å². The van der Waals surface area contributed by atoms with Crippen molar-refractivity contribution in [2.24, 2.45) is 5.41 Å². The molecule has 2 N–H and O–H groups in total. The molecule has 0 atom stereocenters. The highest BCUT2D eigenvalue weighted by Crippen LogP contribution is 2.28. The van der Waals surface area contributed by atoms with Gasteiger partial charge in [-0.2, -0.15) is 0 Å². The van der Waals surface area contributed by atoms with E-state index in [1.54, 1.807) is 11.6 Å². The summed E-state index contributed by atoms with van der Waals surface area (Å²) in [5.74, 6) is -0.435.